The van der Waals surface area contributed by atoms with Crippen molar-refractivity contribution in [1.82, 2.24) is 20.4 Å². The van der Waals surface area contributed by atoms with Gasteiger partial charge in [-0.05, 0) is 50.9 Å². The molecule has 0 spiro atoms. The molecule has 0 aliphatic carbocycles. The number of morpholine rings is 1. The topological polar surface area (TPSA) is 73.8 Å². The molecular formula is C21H34N6O2. The van der Waals surface area contributed by atoms with Gasteiger partial charge in [0, 0.05) is 45.2 Å². The lowest BCUT2D eigenvalue weighted by Crippen LogP contribution is -2.43. The van der Waals surface area contributed by atoms with Gasteiger partial charge in [-0.3, -0.25) is 4.79 Å². The van der Waals surface area contributed by atoms with E-state index in [1.165, 1.54) is 32.4 Å². The van der Waals surface area contributed by atoms with Crippen molar-refractivity contribution < 1.29 is 9.53 Å². The van der Waals surface area contributed by atoms with E-state index in [-0.39, 0.29) is 11.8 Å². The first-order chi connectivity index (χ1) is 14.3. The zero-order valence-corrected chi connectivity index (χ0v) is 17.4. The number of amides is 1. The first-order valence-corrected chi connectivity index (χ1v) is 11.2. The van der Waals surface area contributed by atoms with Crippen molar-refractivity contribution in [2.45, 2.75) is 32.1 Å². The van der Waals surface area contributed by atoms with E-state index in [1.54, 1.807) is 0 Å². The van der Waals surface area contributed by atoms with E-state index < -0.39 is 0 Å². The Labute approximate surface area is 173 Å². The van der Waals surface area contributed by atoms with E-state index in [9.17, 15) is 4.79 Å². The van der Waals surface area contributed by atoms with Crippen molar-refractivity contribution in [3.8, 4) is 0 Å². The fraction of sp³-hybridized carbons (Fsp3) is 0.762. The second-order valence-corrected chi connectivity index (χ2v) is 8.30. The minimum atomic E-state index is 0.119. The van der Waals surface area contributed by atoms with Crippen LogP contribution in [0.25, 0.3) is 0 Å². The minimum absolute atomic E-state index is 0.119. The molecule has 0 aromatic carbocycles. The quantitative estimate of drug-likeness (QED) is 0.765. The predicted octanol–water partition coefficient (Wildman–Crippen LogP) is 1.13. The zero-order chi connectivity index (χ0) is 19.9. The third kappa shape index (κ3) is 5.57. The third-order valence-corrected chi connectivity index (χ3v) is 6.34. The van der Waals surface area contributed by atoms with Crippen LogP contribution in [0.2, 0.25) is 0 Å². The summed E-state index contributed by atoms with van der Waals surface area (Å²) in [6.45, 7) is 9.06. The Morgan fingerprint density at radius 1 is 0.931 bits per heavy atom. The molecule has 29 heavy (non-hydrogen) atoms. The van der Waals surface area contributed by atoms with Crippen LogP contribution in [-0.4, -0.2) is 86.6 Å². The van der Waals surface area contributed by atoms with E-state index in [2.05, 4.69) is 36.3 Å². The van der Waals surface area contributed by atoms with Gasteiger partial charge in [-0.25, -0.2) is 0 Å². The summed E-state index contributed by atoms with van der Waals surface area (Å²) in [4.78, 5) is 19.4. The molecular weight excluding hydrogens is 368 g/mol. The molecule has 1 amide bonds. The summed E-state index contributed by atoms with van der Waals surface area (Å²) in [6, 6.07) is 4.10. The molecule has 0 radical (unpaired) electrons. The number of carbonyl (C=O) groups excluding carboxylic acids is 1. The van der Waals surface area contributed by atoms with Crippen LogP contribution in [0, 0.1) is 5.92 Å². The number of ether oxygens (including phenoxy) is 1. The lowest BCUT2D eigenvalue weighted by Gasteiger charge is -2.32. The first-order valence-electron chi connectivity index (χ1n) is 11.2. The Morgan fingerprint density at radius 2 is 1.55 bits per heavy atom. The second-order valence-electron chi connectivity index (χ2n) is 8.30. The van der Waals surface area contributed by atoms with Gasteiger partial charge in [-0.2, -0.15) is 0 Å². The molecule has 0 unspecified atom stereocenters. The van der Waals surface area contributed by atoms with Crippen LogP contribution >= 0.6 is 0 Å². The second kappa shape index (κ2) is 10.2. The van der Waals surface area contributed by atoms with Crippen molar-refractivity contribution in [2.75, 3.05) is 75.4 Å². The highest BCUT2D eigenvalue weighted by Crippen LogP contribution is 2.23. The van der Waals surface area contributed by atoms with Crippen molar-refractivity contribution in [2.24, 2.45) is 5.92 Å². The van der Waals surface area contributed by atoms with Gasteiger partial charge in [0.05, 0.1) is 13.2 Å². The first kappa shape index (κ1) is 20.3. The van der Waals surface area contributed by atoms with Crippen LogP contribution in [-0.2, 0) is 9.53 Å². The number of carbonyl (C=O) groups is 1. The van der Waals surface area contributed by atoms with Gasteiger partial charge in [-0.15, -0.1) is 10.2 Å². The van der Waals surface area contributed by atoms with E-state index in [4.69, 9.17) is 4.74 Å². The fourth-order valence-corrected chi connectivity index (χ4v) is 4.48. The average Bonchev–Trinajstić information content (AvgIpc) is 2.80. The Balaban J connectivity index is 1.19. The summed E-state index contributed by atoms with van der Waals surface area (Å²) in [5.41, 5.74) is 0. The summed E-state index contributed by atoms with van der Waals surface area (Å²) in [6.07, 6.45) is 5.69. The highest BCUT2D eigenvalue weighted by atomic mass is 16.5. The number of hydrogen-bond acceptors (Lipinski definition) is 7. The molecule has 0 saturated carbocycles. The van der Waals surface area contributed by atoms with Gasteiger partial charge in [0.25, 0.3) is 0 Å². The highest BCUT2D eigenvalue weighted by Gasteiger charge is 2.26. The zero-order valence-electron chi connectivity index (χ0n) is 17.4. The number of nitrogens with one attached hydrogen (secondary N) is 1. The van der Waals surface area contributed by atoms with E-state index in [0.717, 1.165) is 77.0 Å². The smallest absolute Gasteiger partial charge is 0.223 e. The number of anilines is 2. The Bertz CT molecular complexity index is 635. The van der Waals surface area contributed by atoms with Crippen LogP contribution in [0.5, 0.6) is 0 Å². The molecule has 0 bridgehead atoms. The van der Waals surface area contributed by atoms with Gasteiger partial charge in [-0.1, -0.05) is 6.42 Å². The van der Waals surface area contributed by atoms with Crippen LogP contribution in [0.3, 0.4) is 0 Å². The number of likely N-dealkylation sites (tertiary alicyclic amines) is 1. The maximum Gasteiger partial charge on any atom is 0.223 e. The van der Waals surface area contributed by atoms with Crippen molar-refractivity contribution >= 4 is 17.5 Å². The van der Waals surface area contributed by atoms with Gasteiger partial charge < -0.3 is 24.8 Å². The normalized spacial score (nSPS) is 21.9. The number of rotatable bonds is 6. The molecule has 1 aromatic heterocycles. The molecule has 0 atom stereocenters. The molecule has 8 nitrogen and oxygen atoms in total. The average molecular weight is 403 g/mol. The molecule has 3 aliphatic heterocycles. The van der Waals surface area contributed by atoms with Crippen LogP contribution in [0.1, 0.15) is 32.1 Å². The monoisotopic (exact) mass is 402 g/mol. The van der Waals surface area contributed by atoms with Crippen molar-refractivity contribution in [3.05, 3.63) is 12.1 Å². The van der Waals surface area contributed by atoms with E-state index >= 15 is 0 Å². The molecule has 3 saturated heterocycles. The van der Waals surface area contributed by atoms with Crippen molar-refractivity contribution in [1.29, 1.82) is 0 Å². The predicted molar refractivity (Wildman–Crippen MR) is 113 cm³/mol. The molecule has 3 fully saturated rings. The van der Waals surface area contributed by atoms with Gasteiger partial charge >= 0.3 is 0 Å². The standard InChI is InChI=1S/C21H34N6O2/c28-21(22-8-13-25-9-2-1-3-10-25)18-6-11-26(12-7-18)19-4-5-20(24-23-19)27-14-16-29-17-15-27/h4-5,18H,1-3,6-17H2,(H,22,28). The summed E-state index contributed by atoms with van der Waals surface area (Å²) >= 11 is 0. The van der Waals surface area contributed by atoms with Gasteiger partial charge in [0.1, 0.15) is 0 Å². The summed E-state index contributed by atoms with van der Waals surface area (Å²) in [5.74, 6) is 2.16. The molecule has 4 rings (SSSR count). The fourth-order valence-electron chi connectivity index (χ4n) is 4.48. The summed E-state index contributed by atoms with van der Waals surface area (Å²) < 4.78 is 5.39. The third-order valence-electron chi connectivity index (χ3n) is 6.34. The molecule has 4 heterocycles. The van der Waals surface area contributed by atoms with E-state index in [1.807, 2.05) is 6.07 Å². The maximum atomic E-state index is 12.5. The number of nitrogens with zero attached hydrogens (tertiary/aromatic N) is 5. The summed E-state index contributed by atoms with van der Waals surface area (Å²) in [7, 11) is 0. The van der Waals surface area contributed by atoms with Crippen LogP contribution in [0.15, 0.2) is 12.1 Å². The SMILES string of the molecule is O=C(NCCN1CCCCC1)C1CCN(c2ccc(N3CCOCC3)nn2)CC1. The molecule has 1 N–H and O–H groups in total. The van der Waals surface area contributed by atoms with Gasteiger partial charge in [0.2, 0.25) is 5.91 Å². The molecule has 160 valence electrons. The van der Waals surface area contributed by atoms with Crippen LogP contribution in [0.4, 0.5) is 11.6 Å². The molecule has 3 aliphatic rings. The largest absolute Gasteiger partial charge is 0.378 e. The number of piperidine rings is 2. The molecule has 8 heteroatoms. The Kier molecular flexibility index (Phi) is 7.16. The van der Waals surface area contributed by atoms with Crippen molar-refractivity contribution in [3.63, 3.8) is 0 Å². The number of hydrogen-bond donors (Lipinski definition) is 1. The van der Waals surface area contributed by atoms with Crippen LogP contribution < -0.4 is 15.1 Å². The number of aromatic nitrogens is 2. The van der Waals surface area contributed by atoms with Gasteiger partial charge in [0.15, 0.2) is 11.6 Å². The Morgan fingerprint density at radius 3 is 2.17 bits per heavy atom. The maximum absolute atomic E-state index is 12.5. The Hall–Kier alpha value is -1.93. The molecule has 1 aromatic rings. The lowest BCUT2D eigenvalue weighted by atomic mass is 9.96. The lowest BCUT2D eigenvalue weighted by molar-refractivity contribution is -0.125. The highest BCUT2D eigenvalue weighted by molar-refractivity contribution is 5.79. The minimum Gasteiger partial charge on any atom is -0.378 e. The summed E-state index contributed by atoms with van der Waals surface area (Å²) in [5, 5.41) is 12.0. The van der Waals surface area contributed by atoms with E-state index in [0.29, 0.717) is 0 Å².